The summed E-state index contributed by atoms with van der Waals surface area (Å²) in [7, 11) is 1.93. The first-order chi connectivity index (χ1) is 3.79. The highest BCUT2D eigenvalue weighted by Gasteiger charge is 2.03. The van der Waals surface area contributed by atoms with Gasteiger partial charge in [0.25, 0.3) is 3.90 Å². The summed E-state index contributed by atoms with van der Waals surface area (Å²) in [5.41, 5.74) is 0. The average Bonchev–Trinajstić information content (AvgIpc) is 1.64. The molecule has 0 spiro atoms. The number of ether oxygens (including phenoxy) is 1. The lowest BCUT2D eigenvalue weighted by Crippen LogP contribution is -2.24. The molecule has 0 aliphatic carbocycles. The molecule has 0 fully saturated rings. The minimum absolute atomic E-state index is 0.733. The van der Waals surface area contributed by atoms with Crippen molar-refractivity contribution >= 4 is 26.5 Å². The third-order valence-electron chi connectivity index (χ3n) is 0.885. The largest absolute Gasteiger partial charge is 0.470 e. The lowest BCUT2D eigenvalue weighted by molar-refractivity contribution is 0.200. The van der Waals surface area contributed by atoms with Gasteiger partial charge in [-0.25, -0.2) is 0 Å². The summed E-state index contributed by atoms with van der Waals surface area (Å²) in [5, 5.41) is 5.86. The van der Waals surface area contributed by atoms with Gasteiger partial charge in [-0.15, -0.1) is 5.10 Å². The topological polar surface area (TPSA) is 24.8 Å². The Labute approximate surface area is 61.8 Å². The van der Waals surface area contributed by atoms with Crippen LogP contribution in [0.2, 0.25) is 0 Å². The predicted molar refractivity (Wildman–Crippen MR) is 40.0 cm³/mol. The van der Waals surface area contributed by atoms with Crippen molar-refractivity contribution in [3.8, 4) is 0 Å². The first-order valence-electron chi connectivity index (χ1n) is 2.37. The highest BCUT2D eigenvalue weighted by atomic mass is 127. The molecule has 0 saturated heterocycles. The molecule has 0 amide bonds. The molecule has 0 atom stereocenters. The lowest BCUT2D eigenvalue weighted by atomic mass is 10.7. The van der Waals surface area contributed by atoms with E-state index in [0.29, 0.717) is 0 Å². The first kappa shape index (κ1) is 6.12. The first-order valence-corrected chi connectivity index (χ1v) is 3.45. The minimum Gasteiger partial charge on any atom is -0.470 e. The molecule has 1 aliphatic rings. The molecular weight excluding hydrogens is 219 g/mol. The summed E-state index contributed by atoms with van der Waals surface area (Å²) in [6, 6.07) is 0. The van der Waals surface area contributed by atoms with Crippen molar-refractivity contribution in [2.45, 2.75) is 0 Å². The monoisotopic (exact) mass is 226 g/mol. The molecular formula is C4H7IN2O. The number of likely N-dealkylation sites (N-methyl/N-ethyl adjacent to an activating group) is 1. The zero-order valence-electron chi connectivity index (χ0n) is 4.59. The van der Waals surface area contributed by atoms with Gasteiger partial charge in [-0.3, -0.25) is 5.01 Å². The van der Waals surface area contributed by atoms with Crippen molar-refractivity contribution in [1.29, 1.82) is 0 Å². The van der Waals surface area contributed by atoms with Crippen LogP contribution in [0.25, 0.3) is 0 Å². The number of rotatable bonds is 0. The highest BCUT2D eigenvalue weighted by Crippen LogP contribution is 2.01. The summed E-state index contributed by atoms with van der Waals surface area (Å²) in [5.74, 6) is 0. The molecule has 1 rings (SSSR count). The quantitative estimate of drug-likeness (QED) is 0.566. The number of hydrazone groups is 1. The maximum atomic E-state index is 5.04. The van der Waals surface area contributed by atoms with Crippen LogP contribution in [-0.2, 0) is 4.74 Å². The van der Waals surface area contributed by atoms with Crippen molar-refractivity contribution in [1.82, 2.24) is 5.01 Å². The van der Waals surface area contributed by atoms with E-state index in [2.05, 4.69) is 27.7 Å². The number of hydrogen-bond acceptors (Lipinski definition) is 3. The average molecular weight is 226 g/mol. The maximum Gasteiger partial charge on any atom is 0.268 e. The van der Waals surface area contributed by atoms with E-state index in [4.69, 9.17) is 4.74 Å². The van der Waals surface area contributed by atoms with Crippen LogP contribution in [0.4, 0.5) is 0 Å². The molecule has 3 nitrogen and oxygen atoms in total. The number of halogens is 1. The van der Waals surface area contributed by atoms with Crippen molar-refractivity contribution in [3.63, 3.8) is 0 Å². The van der Waals surface area contributed by atoms with Gasteiger partial charge >= 0.3 is 0 Å². The Bertz CT molecular complexity index is 115. The van der Waals surface area contributed by atoms with Crippen molar-refractivity contribution in [2.24, 2.45) is 5.10 Å². The fourth-order valence-electron chi connectivity index (χ4n) is 0.475. The molecule has 0 radical (unpaired) electrons. The molecule has 8 heavy (non-hydrogen) atoms. The molecule has 1 aliphatic heterocycles. The second-order valence-electron chi connectivity index (χ2n) is 1.58. The highest BCUT2D eigenvalue weighted by molar-refractivity contribution is 14.1. The fourth-order valence-corrected chi connectivity index (χ4v) is 1.06. The molecule has 1 heterocycles. The summed E-state index contributed by atoms with van der Waals surface area (Å²) in [6.07, 6.45) is 0. The second-order valence-corrected chi connectivity index (χ2v) is 2.51. The summed E-state index contributed by atoms with van der Waals surface area (Å²) >= 11 is 2.06. The van der Waals surface area contributed by atoms with E-state index >= 15 is 0 Å². The third kappa shape index (κ3) is 1.50. The van der Waals surface area contributed by atoms with Crippen LogP contribution >= 0.6 is 22.6 Å². The van der Waals surface area contributed by atoms with Crippen LogP contribution in [0, 0.1) is 0 Å². The van der Waals surface area contributed by atoms with Crippen molar-refractivity contribution < 1.29 is 4.74 Å². The van der Waals surface area contributed by atoms with Gasteiger partial charge in [-0.05, 0) is 0 Å². The Hall–Kier alpha value is -0.0000000000000000555. The SMILES string of the molecule is CN1CCOC(I)=N1. The fraction of sp³-hybridized carbons (Fsp3) is 0.750. The van der Waals surface area contributed by atoms with E-state index in [9.17, 15) is 0 Å². The molecule has 46 valence electrons. The van der Waals surface area contributed by atoms with Crippen LogP contribution in [0.3, 0.4) is 0 Å². The predicted octanol–water partition coefficient (Wildman–Crippen LogP) is 0.654. The molecule has 0 unspecified atom stereocenters. The minimum atomic E-state index is 0.733. The Morgan fingerprint density at radius 3 is 3.00 bits per heavy atom. The van der Waals surface area contributed by atoms with Crippen LogP contribution in [0.15, 0.2) is 5.10 Å². The molecule has 4 heteroatoms. The smallest absolute Gasteiger partial charge is 0.268 e. The number of nitrogens with zero attached hydrogens (tertiary/aromatic N) is 2. The van der Waals surface area contributed by atoms with E-state index in [1.807, 2.05) is 12.1 Å². The van der Waals surface area contributed by atoms with Gasteiger partial charge in [0.1, 0.15) is 6.61 Å². The van der Waals surface area contributed by atoms with Gasteiger partial charge in [0.05, 0.1) is 6.54 Å². The Balaban J connectivity index is 2.50. The van der Waals surface area contributed by atoms with Gasteiger partial charge < -0.3 is 4.74 Å². The van der Waals surface area contributed by atoms with Gasteiger partial charge in [-0.2, -0.15) is 0 Å². The lowest BCUT2D eigenvalue weighted by Gasteiger charge is -2.18. The van der Waals surface area contributed by atoms with Gasteiger partial charge in [0, 0.05) is 29.6 Å². The Kier molecular flexibility index (Phi) is 1.93. The van der Waals surface area contributed by atoms with Gasteiger partial charge in [0.15, 0.2) is 0 Å². The second kappa shape index (κ2) is 2.52. The standard InChI is InChI=1S/C4H7IN2O/c1-7-2-3-8-4(5)6-7/h2-3H2,1H3. The maximum absolute atomic E-state index is 5.04. The molecule has 0 aromatic heterocycles. The van der Waals surface area contributed by atoms with Gasteiger partial charge in [-0.1, -0.05) is 0 Å². The van der Waals surface area contributed by atoms with E-state index in [-0.39, 0.29) is 0 Å². The van der Waals surface area contributed by atoms with Crippen LogP contribution in [-0.4, -0.2) is 29.1 Å². The summed E-state index contributed by atoms with van der Waals surface area (Å²) in [6.45, 7) is 1.66. The molecule has 0 bridgehead atoms. The van der Waals surface area contributed by atoms with E-state index < -0.39 is 0 Å². The summed E-state index contributed by atoms with van der Waals surface area (Å²) < 4.78 is 5.78. The Morgan fingerprint density at radius 2 is 2.62 bits per heavy atom. The third-order valence-corrected chi connectivity index (χ3v) is 1.41. The molecule has 0 aromatic rings. The Morgan fingerprint density at radius 1 is 1.88 bits per heavy atom. The van der Waals surface area contributed by atoms with Crippen molar-refractivity contribution in [3.05, 3.63) is 0 Å². The normalized spacial score (nSPS) is 19.8. The molecule has 0 aromatic carbocycles. The van der Waals surface area contributed by atoms with Crippen LogP contribution in [0.5, 0.6) is 0 Å². The van der Waals surface area contributed by atoms with Gasteiger partial charge in [0.2, 0.25) is 0 Å². The summed E-state index contributed by atoms with van der Waals surface area (Å²) in [4.78, 5) is 0. The van der Waals surface area contributed by atoms with E-state index in [0.717, 1.165) is 17.1 Å². The zero-order valence-corrected chi connectivity index (χ0v) is 6.75. The number of hydrogen-bond donors (Lipinski definition) is 0. The van der Waals surface area contributed by atoms with Crippen molar-refractivity contribution in [2.75, 3.05) is 20.2 Å². The van der Waals surface area contributed by atoms with E-state index in [1.165, 1.54) is 0 Å². The zero-order chi connectivity index (χ0) is 5.98. The molecule has 0 saturated carbocycles. The van der Waals surface area contributed by atoms with Crippen LogP contribution in [0.1, 0.15) is 0 Å². The molecule has 0 N–H and O–H groups in total. The van der Waals surface area contributed by atoms with E-state index in [1.54, 1.807) is 0 Å². The van der Waals surface area contributed by atoms with Crippen LogP contribution < -0.4 is 0 Å².